The van der Waals surface area contributed by atoms with Crippen molar-refractivity contribution in [3.8, 4) is 0 Å². The number of aromatic nitrogens is 1. The summed E-state index contributed by atoms with van der Waals surface area (Å²) in [5.74, 6) is 0.415. The third-order valence-corrected chi connectivity index (χ3v) is 2.90. The summed E-state index contributed by atoms with van der Waals surface area (Å²) < 4.78 is 0. The number of pyridine rings is 1. The van der Waals surface area contributed by atoms with Crippen LogP contribution in [-0.4, -0.2) is 4.98 Å². The van der Waals surface area contributed by atoms with Crippen molar-refractivity contribution >= 4 is 11.6 Å². The Kier molecular flexibility index (Phi) is 2.65. The van der Waals surface area contributed by atoms with Crippen LogP contribution in [0, 0.1) is 0 Å². The van der Waals surface area contributed by atoms with E-state index in [1.165, 1.54) is 18.4 Å². The molecule has 0 aliphatic heterocycles. The van der Waals surface area contributed by atoms with E-state index >= 15 is 0 Å². The quantitative estimate of drug-likeness (QED) is 0.666. The van der Waals surface area contributed by atoms with Gasteiger partial charge >= 0.3 is 0 Å². The Morgan fingerprint density at radius 1 is 1.31 bits per heavy atom. The van der Waals surface area contributed by atoms with Crippen LogP contribution in [0.3, 0.4) is 0 Å². The van der Waals surface area contributed by atoms with Gasteiger partial charge in [-0.05, 0) is 37.0 Å². The highest BCUT2D eigenvalue weighted by molar-refractivity contribution is 6.30. The second kappa shape index (κ2) is 3.93. The zero-order valence-electron chi connectivity index (χ0n) is 7.41. The molecule has 0 N–H and O–H groups in total. The predicted octanol–water partition coefficient (Wildman–Crippen LogP) is 3.47. The zero-order valence-corrected chi connectivity index (χ0v) is 8.17. The van der Waals surface area contributed by atoms with Crippen LogP contribution in [0.15, 0.2) is 35.6 Å². The Morgan fingerprint density at radius 2 is 2.08 bits per heavy atom. The topological polar surface area (TPSA) is 12.9 Å². The van der Waals surface area contributed by atoms with Gasteiger partial charge in [0.15, 0.2) is 0 Å². The highest BCUT2D eigenvalue weighted by Crippen LogP contribution is 2.35. The summed E-state index contributed by atoms with van der Waals surface area (Å²) >= 11 is 6.16. The van der Waals surface area contributed by atoms with Crippen LogP contribution < -0.4 is 0 Å². The molecule has 1 heterocycles. The molecule has 2 rings (SSSR count). The highest BCUT2D eigenvalue weighted by atomic mass is 35.5. The van der Waals surface area contributed by atoms with Crippen molar-refractivity contribution in [1.82, 2.24) is 4.98 Å². The van der Waals surface area contributed by atoms with Crippen molar-refractivity contribution in [3.63, 3.8) is 0 Å². The van der Waals surface area contributed by atoms with Crippen molar-refractivity contribution in [3.05, 3.63) is 41.2 Å². The molecule has 0 saturated heterocycles. The smallest absolute Gasteiger partial charge is 0.0270 e. The molecule has 1 aromatic rings. The van der Waals surface area contributed by atoms with Gasteiger partial charge < -0.3 is 0 Å². The number of allylic oxidation sites excluding steroid dienone is 2. The Balaban J connectivity index is 2.26. The van der Waals surface area contributed by atoms with Crippen LogP contribution in [0.5, 0.6) is 0 Å². The predicted molar refractivity (Wildman–Crippen MR) is 54.8 cm³/mol. The van der Waals surface area contributed by atoms with Gasteiger partial charge in [-0.25, -0.2) is 0 Å². The molecule has 68 valence electrons. The van der Waals surface area contributed by atoms with Crippen LogP contribution >= 0.6 is 11.6 Å². The van der Waals surface area contributed by atoms with E-state index in [0.717, 1.165) is 11.5 Å². The van der Waals surface area contributed by atoms with E-state index < -0.39 is 0 Å². The Labute approximate surface area is 83.4 Å². The molecule has 13 heavy (non-hydrogen) atoms. The van der Waals surface area contributed by atoms with Crippen molar-refractivity contribution in [1.29, 1.82) is 0 Å². The van der Waals surface area contributed by atoms with E-state index in [1.807, 2.05) is 24.5 Å². The van der Waals surface area contributed by atoms with Gasteiger partial charge in [0, 0.05) is 23.3 Å². The minimum atomic E-state index is 0.415. The maximum absolute atomic E-state index is 6.16. The first-order valence-electron chi connectivity index (χ1n) is 4.63. The van der Waals surface area contributed by atoms with Crippen molar-refractivity contribution in [2.45, 2.75) is 25.2 Å². The lowest BCUT2D eigenvalue weighted by atomic mass is 9.90. The van der Waals surface area contributed by atoms with Crippen LogP contribution in [-0.2, 0) is 0 Å². The molecule has 1 aromatic heterocycles. The molecule has 0 spiro atoms. The van der Waals surface area contributed by atoms with Crippen LogP contribution in [0.25, 0.3) is 0 Å². The highest BCUT2D eigenvalue weighted by Gasteiger charge is 2.17. The molecule has 0 amide bonds. The standard InChI is InChI=1S/C11H12ClN/c12-11-4-2-1-3-10(11)9-5-7-13-8-6-9/h4-8,10H,1-3H2. The van der Waals surface area contributed by atoms with E-state index in [1.54, 1.807) is 0 Å². The van der Waals surface area contributed by atoms with E-state index in [-0.39, 0.29) is 0 Å². The Morgan fingerprint density at radius 3 is 2.77 bits per heavy atom. The maximum atomic E-state index is 6.16. The lowest BCUT2D eigenvalue weighted by Crippen LogP contribution is -2.03. The SMILES string of the molecule is ClC1=CCCCC1c1ccncc1. The third kappa shape index (κ3) is 1.92. The number of halogens is 1. The molecule has 1 atom stereocenters. The molecule has 1 unspecified atom stereocenters. The fourth-order valence-corrected chi connectivity index (χ4v) is 2.11. The van der Waals surface area contributed by atoms with E-state index in [2.05, 4.69) is 11.1 Å². The second-order valence-electron chi connectivity index (χ2n) is 3.35. The van der Waals surface area contributed by atoms with E-state index in [0.29, 0.717) is 5.92 Å². The number of nitrogens with zero attached hydrogens (tertiary/aromatic N) is 1. The summed E-state index contributed by atoms with van der Waals surface area (Å²) in [5, 5.41) is 0.998. The average molecular weight is 194 g/mol. The molecule has 0 aromatic carbocycles. The molecule has 1 nitrogen and oxygen atoms in total. The molecular weight excluding hydrogens is 182 g/mol. The average Bonchev–Trinajstić information content (AvgIpc) is 2.20. The van der Waals surface area contributed by atoms with Gasteiger partial charge in [-0.3, -0.25) is 4.98 Å². The van der Waals surface area contributed by atoms with Gasteiger partial charge in [0.1, 0.15) is 0 Å². The zero-order chi connectivity index (χ0) is 9.10. The summed E-state index contributed by atoms with van der Waals surface area (Å²) in [6.07, 6.45) is 9.32. The second-order valence-corrected chi connectivity index (χ2v) is 3.79. The molecule has 0 bridgehead atoms. The normalized spacial score (nSPS) is 22.5. The molecule has 2 heteroatoms. The first kappa shape index (κ1) is 8.76. The van der Waals surface area contributed by atoms with E-state index in [4.69, 9.17) is 11.6 Å². The summed E-state index contributed by atoms with van der Waals surface area (Å²) in [4.78, 5) is 4.00. The summed E-state index contributed by atoms with van der Waals surface area (Å²) in [5.41, 5.74) is 1.29. The first-order chi connectivity index (χ1) is 6.38. The van der Waals surface area contributed by atoms with Crippen molar-refractivity contribution in [2.75, 3.05) is 0 Å². The lowest BCUT2D eigenvalue weighted by molar-refractivity contribution is 0.644. The van der Waals surface area contributed by atoms with Gasteiger partial charge in [0.25, 0.3) is 0 Å². The van der Waals surface area contributed by atoms with E-state index in [9.17, 15) is 0 Å². The molecule has 0 radical (unpaired) electrons. The Hall–Kier alpha value is -0.820. The molecule has 0 fully saturated rings. The van der Waals surface area contributed by atoms with Gasteiger partial charge in [0.05, 0.1) is 0 Å². The fourth-order valence-electron chi connectivity index (χ4n) is 1.76. The number of hydrogen-bond donors (Lipinski definition) is 0. The first-order valence-corrected chi connectivity index (χ1v) is 5.01. The van der Waals surface area contributed by atoms with Gasteiger partial charge in [-0.15, -0.1) is 0 Å². The van der Waals surface area contributed by atoms with Crippen LogP contribution in [0.4, 0.5) is 0 Å². The molecular formula is C11H12ClN. The number of hydrogen-bond acceptors (Lipinski definition) is 1. The fraction of sp³-hybridized carbons (Fsp3) is 0.364. The van der Waals surface area contributed by atoms with Crippen molar-refractivity contribution in [2.24, 2.45) is 0 Å². The minimum Gasteiger partial charge on any atom is -0.265 e. The monoisotopic (exact) mass is 193 g/mol. The van der Waals surface area contributed by atoms with Gasteiger partial charge in [0.2, 0.25) is 0 Å². The van der Waals surface area contributed by atoms with Gasteiger partial charge in [-0.2, -0.15) is 0 Å². The van der Waals surface area contributed by atoms with Crippen molar-refractivity contribution < 1.29 is 0 Å². The lowest BCUT2D eigenvalue weighted by Gasteiger charge is -2.20. The summed E-state index contributed by atoms with van der Waals surface area (Å²) in [7, 11) is 0. The number of rotatable bonds is 1. The Bertz CT molecular complexity index is 305. The maximum Gasteiger partial charge on any atom is 0.0270 e. The summed E-state index contributed by atoms with van der Waals surface area (Å²) in [6, 6.07) is 4.10. The largest absolute Gasteiger partial charge is 0.265 e. The molecule has 0 saturated carbocycles. The van der Waals surface area contributed by atoms with Crippen LogP contribution in [0.1, 0.15) is 30.7 Å². The summed E-state index contributed by atoms with van der Waals surface area (Å²) in [6.45, 7) is 0. The van der Waals surface area contributed by atoms with Crippen LogP contribution in [0.2, 0.25) is 0 Å². The molecule has 1 aliphatic rings. The van der Waals surface area contributed by atoms with Gasteiger partial charge in [-0.1, -0.05) is 17.7 Å². The minimum absolute atomic E-state index is 0.415. The third-order valence-electron chi connectivity index (χ3n) is 2.48. The molecule has 1 aliphatic carbocycles.